The van der Waals surface area contributed by atoms with Crippen molar-refractivity contribution in [1.82, 2.24) is 0 Å². The molecular weight excluding hydrogens is 240 g/mol. The van der Waals surface area contributed by atoms with E-state index >= 15 is 0 Å². The van der Waals surface area contributed by atoms with E-state index in [2.05, 4.69) is 0 Å². The van der Waals surface area contributed by atoms with Crippen LogP contribution in [0.15, 0.2) is 12.1 Å². The molecule has 0 aromatic heterocycles. The van der Waals surface area contributed by atoms with E-state index in [1.807, 2.05) is 0 Å². The van der Waals surface area contributed by atoms with Gasteiger partial charge in [-0.2, -0.15) is 0 Å². The van der Waals surface area contributed by atoms with Gasteiger partial charge in [0.1, 0.15) is 0 Å². The highest BCUT2D eigenvalue weighted by Crippen LogP contribution is 2.26. The number of rotatable bonds is 4. The van der Waals surface area contributed by atoms with E-state index in [1.165, 1.54) is 6.07 Å². The topological polar surface area (TPSA) is 112 Å². The SMILES string of the molecule is CC(C)c1ccc(C(=O)O)c(C(=O)O)c1C(=O)O. The molecule has 6 nitrogen and oxygen atoms in total. The Morgan fingerprint density at radius 2 is 1.39 bits per heavy atom. The molecule has 0 saturated carbocycles. The minimum absolute atomic E-state index is 0.225. The quantitative estimate of drug-likeness (QED) is 0.754. The molecule has 1 rings (SSSR count). The summed E-state index contributed by atoms with van der Waals surface area (Å²) in [6.45, 7) is 3.40. The van der Waals surface area contributed by atoms with Gasteiger partial charge in [-0.15, -0.1) is 0 Å². The minimum atomic E-state index is -1.56. The molecule has 0 aliphatic carbocycles. The Kier molecular flexibility index (Phi) is 3.70. The van der Waals surface area contributed by atoms with Crippen molar-refractivity contribution in [2.24, 2.45) is 0 Å². The molecular formula is C12H12O6. The van der Waals surface area contributed by atoms with Crippen LogP contribution in [0.25, 0.3) is 0 Å². The lowest BCUT2D eigenvalue weighted by Crippen LogP contribution is -2.17. The van der Waals surface area contributed by atoms with E-state index < -0.39 is 34.6 Å². The Labute approximate surface area is 102 Å². The third-order valence-electron chi connectivity index (χ3n) is 2.52. The van der Waals surface area contributed by atoms with Gasteiger partial charge in [0.15, 0.2) is 0 Å². The predicted octanol–water partition coefficient (Wildman–Crippen LogP) is 1.90. The zero-order valence-electron chi connectivity index (χ0n) is 9.80. The highest BCUT2D eigenvalue weighted by atomic mass is 16.4. The largest absolute Gasteiger partial charge is 0.478 e. The number of carbonyl (C=O) groups is 3. The summed E-state index contributed by atoms with van der Waals surface area (Å²) in [5.74, 6) is -4.70. The van der Waals surface area contributed by atoms with Crippen molar-refractivity contribution >= 4 is 17.9 Å². The highest BCUT2D eigenvalue weighted by Gasteiger charge is 2.27. The van der Waals surface area contributed by atoms with Gasteiger partial charge < -0.3 is 15.3 Å². The van der Waals surface area contributed by atoms with Crippen LogP contribution in [0.4, 0.5) is 0 Å². The smallest absolute Gasteiger partial charge is 0.337 e. The second-order valence-corrected chi connectivity index (χ2v) is 4.02. The Balaban J connectivity index is 3.77. The van der Waals surface area contributed by atoms with Gasteiger partial charge in [-0.05, 0) is 17.5 Å². The lowest BCUT2D eigenvalue weighted by molar-refractivity contribution is 0.0632. The zero-order valence-corrected chi connectivity index (χ0v) is 9.80. The first-order valence-corrected chi connectivity index (χ1v) is 5.14. The fourth-order valence-electron chi connectivity index (χ4n) is 1.73. The van der Waals surface area contributed by atoms with E-state index in [4.69, 9.17) is 15.3 Å². The second kappa shape index (κ2) is 4.87. The Morgan fingerprint density at radius 3 is 1.72 bits per heavy atom. The van der Waals surface area contributed by atoms with Crippen molar-refractivity contribution in [3.8, 4) is 0 Å². The zero-order chi connectivity index (χ0) is 14.0. The van der Waals surface area contributed by atoms with Crippen molar-refractivity contribution < 1.29 is 29.7 Å². The van der Waals surface area contributed by atoms with Crippen LogP contribution in [0.5, 0.6) is 0 Å². The Morgan fingerprint density at radius 1 is 0.889 bits per heavy atom. The summed E-state index contributed by atoms with van der Waals surface area (Å²) < 4.78 is 0. The summed E-state index contributed by atoms with van der Waals surface area (Å²) in [6.07, 6.45) is 0. The first kappa shape index (κ1) is 13.7. The highest BCUT2D eigenvalue weighted by molar-refractivity contribution is 6.09. The van der Waals surface area contributed by atoms with E-state index in [0.717, 1.165) is 6.07 Å². The predicted molar refractivity (Wildman–Crippen MR) is 61.4 cm³/mol. The van der Waals surface area contributed by atoms with Gasteiger partial charge in [0.2, 0.25) is 0 Å². The van der Waals surface area contributed by atoms with Crippen LogP contribution in [0.1, 0.15) is 56.4 Å². The van der Waals surface area contributed by atoms with Crippen LogP contribution < -0.4 is 0 Å². The maximum Gasteiger partial charge on any atom is 0.337 e. The molecule has 0 spiro atoms. The molecule has 96 valence electrons. The van der Waals surface area contributed by atoms with Crippen LogP contribution >= 0.6 is 0 Å². The summed E-state index contributed by atoms with van der Waals surface area (Å²) in [7, 11) is 0. The second-order valence-electron chi connectivity index (χ2n) is 4.02. The molecule has 0 radical (unpaired) electrons. The first-order valence-electron chi connectivity index (χ1n) is 5.14. The van der Waals surface area contributed by atoms with Gasteiger partial charge in [-0.25, -0.2) is 14.4 Å². The summed E-state index contributed by atoms with van der Waals surface area (Å²) in [5.41, 5.74) is -1.37. The number of benzene rings is 1. The van der Waals surface area contributed by atoms with Crippen LogP contribution in [0, 0.1) is 0 Å². The number of aromatic carboxylic acids is 3. The Hall–Kier alpha value is -2.37. The summed E-state index contributed by atoms with van der Waals surface area (Å²) in [4.78, 5) is 33.2. The van der Waals surface area contributed by atoms with Crippen molar-refractivity contribution in [3.63, 3.8) is 0 Å². The maximum absolute atomic E-state index is 11.2. The molecule has 0 aliphatic rings. The van der Waals surface area contributed by atoms with Gasteiger partial charge in [0, 0.05) is 0 Å². The molecule has 0 fully saturated rings. The summed E-state index contributed by atoms with van der Waals surface area (Å²) in [6, 6.07) is 2.46. The van der Waals surface area contributed by atoms with Gasteiger partial charge in [-0.3, -0.25) is 0 Å². The number of hydrogen-bond acceptors (Lipinski definition) is 3. The molecule has 0 aliphatic heterocycles. The van der Waals surface area contributed by atoms with Crippen LogP contribution in [0.2, 0.25) is 0 Å². The molecule has 0 bridgehead atoms. The first-order chi connectivity index (χ1) is 8.27. The molecule has 18 heavy (non-hydrogen) atoms. The third-order valence-corrected chi connectivity index (χ3v) is 2.52. The average Bonchev–Trinajstić information content (AvgIpc) is 2.26. The molecule has 0 saturated heterocycles. The summed E-state index contributed by atoms with van der Waals surface area (Å²) in [5, 5.41) is 27.0. The molecule has 6 heteroatoms. The van der Waals surface area contributed by atoms with E-state index in [1.54, 1.807) is 13.8 Å². The fraction of sp³-hybridized carbons (Fsp3) is 0.250. The van der Waals surface area contributed by atoms with Crippen LogP contribution in [-0.2, 0) is 0 Å². The molecule has 3 N–H and O–H groups in total. The molecule has 1 aromatic rings. The van der Waals surface area contributed by atoms with Gasteiger partial charge in [0.25, 0.3) is 0 Å². The lowest BCUT2D eigenvalue weighted by Gasteiger charge is -2.14. The maximum atomic E-state index is 11.2. The van der Waals surface area contributed by atoms with Crippen molar-refractivity contribution in [2.45, 2.75) is 19.8 Å². The standard InChI is InChI=1S/C12H12O6/c1-5(2)6-3-4-7(10(13)14)9(12(17)18)8(6)11(15)16/h3-5H,1-2H3,(H,13,14)(H,15,16)(H,17,18). The van der Waals surface area contributed by atoms with Crippen molar-refractivity contribution in [1.29, 1.82) is 0 Å². The molecule has 0 unspecified atom stereocenters. The van der Waals surface area contributed by atoms with Gasteiger partial charge in [0.05, 0.1) is 16.7 Å². The average molecular weight is 252 g/mol. The Bertz CT molecular complexity index is 530. The van der Waals surface area contributed by atoms with Crippen LogP contribution in [-0.4, -0.2) is 33.2 Å². The van der Waals surface area contributed by atoms with E-state index in [0.29, 0.717) is 5.56 Å². The van der Waals surface area contributed by atoms with Crippen LogP contribution in [0.3, 0.4) is 0 Å². The number of hydrogen-bond donors (Lipinski definition) is 3. The van der Waals surface area contributed by atoms with Gasteiger partial charge >= 0.3 is 17.9 Å². The molecule has 0 atom stereocenters. The van der Waals surface area contributed by atoms with E-state index in [-0.39, 0.29) is 5.92 Å². The number of carboxylic acids is 3. The molecule has 0 heterocycles. The van der Waals surface area contributed by atoms with Crippen molar-refractivity contribution in [3.05, 3.63) is 34.4 Å². The number of carboxylic acid groups (broad SMARTS) is 3. The van der Waals surface area contributed by atoms with Gasteiger partial charge in [-0.1, -0.05) is 19.9 Å². The summed E-state index contributed by atoms with van der Waals surface area (Å²) >= 11 is 0. The van der Waals surface area contributed by atoms with Crippen molar-refractivity contribution in [2.75, 3.05) is 0 Å². The monoisotopic (exact) mass is 252 g/mol. The molecule has 1 aromatic carbocycles. The lowest BCUT2D eigenvalue weighted by atomic mass is 9.90. The minimum Gasteiger partial charge on any atom is -0.478 e. The fourth-order valence-corrected chi connectivity index (χ4v) is 1.73. The third kappa shape index (κ3) is 2.32. The molecule has 0 amide bonds. The van der Waals surface area contributed by atoms with E-state index in [9.17, 15) is 14.4 Å². The normalized spacial score (nSPS) is 10.4.